The van der Waals surface area contributed by atoms with E-state index >= 15 is 0 Å². The van der Waals surface area contributed by atoms with E-state index in [1.807, 2.05) is 50.2 Å². The summed E-state index contributed by atoms with van der Waals surface area (Å²) < 4.78 is 47.3. The maximum atomic E-state index is 12.9. The zero-order valence-corrected chi connectivity index (χ0v) is 34.7. The Balaban J connectivity index is 0.000000219. The molecular formula is C44H61N2O9P. The fraction of sp³-hybridized carbons (Fsp3) is 0.659. The first-order valence-electron chi connectivity index (χ1n) is 20.6. The fourth-order valence-electron chi connectivity index (χ4n) is 8.95. The number of ether oxygens (including phenoxy) is 4. The lowest BCUT2D eigenvalue weighted by atomic mass is 9.73. The molecule has 0 spiro atoms. The lowest BCUT2D eigenvalue weighted by Crippen LogP contribution is -2.31. The van der Waals surface area contributed by atoms with Crippen molar-refractivity contribution in [2.75, 3.05) is 33.6 Å². The highest BCUT2D eigenvalue weighted by molar-refractivity contribution is 7.53. The molecule has 4 fully saturated rings. The number of benzene rings is 2. The van der Waals surface area contributed by atoms with Gasteiger partial charge < -0.3 is 42.8 Å². The first-order chi connectivity index (χ1) is 27.0. The summed E-state index contributed by atoms with van der Waals surface area (Å²) in [7, 11) is 0.219. The zero-order chi connectivity index (χ0) is 40.2. The molecule has 6 rings (SSSR count). The monoisotopic (exact) mass is 792 g/mol. The van der Waals surface area contributed by atoms with Crippen LogP contribution in [0.2, 0.25) is 0 Å². The molecule has 0 saturated heterocycles. The SMILES string of the molecule is [C-]#[N+]C1(c2ccc(OC)c(OC3CCCC3)c2)CCC(C(=O)O)CC1.[C-]#[N+]C1(c2ccc(OC)c(OC3CCCC3)c2)CCC(CP(=O)(OCC)OCC)CC1. The van der Waals surface area contributed by atoms with Crippen molar-refractivity contribution >= 4 is 13.6 Å². The number of nitrogens with zero attached hydrogens (tertiary/aromatic N) is 2. The molecule has 0 radical (unpaired) electrons. The average molecular weight is 793 g/mol. The number of carbonyl (C=O) groups is 1. The van der Waals surface area contributed by atoms with Crippen LogP contribution in [0.3, 0.4) is 0 Å². The third-order valence-corrected chi connectivity index (χ3v) is 14.5. The minimum atomic E-state index is -3.06. The molecule has 4 aliphatic carbocycles. The molecule has 2 aromatic rings. The first-order valence-corrected chi connectivity index (χ1v) is 22.4. The lowest BCUT2D eigenvalue weighted by molar-refractivity contribution is -0.143. The zero-order valence-electron chi connectivity index (χ0n) is 33.8. The summed E-state index contributed by atoms with van der Waals surface area (Å²) in [5, 5.41) is 9.21. The predicted molar refractivity (Wildman–Crippen MR) is 216 cm³/mol. The molecule has 0 heterocycles. The third-order valence-electron chi connectivity index (χ3n) is 12.2. The smallest absolute Gasteiger partial charge is 0.330 e. The number of hydrogen-bond donors (Lipinski definition) is 1. The Kier molecular flexibility index (Phi) is 15.6. The summed E-state index contributed by atoms with van der Waals surface area (Å²) >= 11 is 0. The van der Waals surface area contributed by atoms with Gasteiger partial charge in [-0.25, -0.2) is 13.1 Å². The van der Waals surface area contributed by atoms with Crippen molar-refractivity contribution in [1.29, 1.82) is 0 Å². The van der Waals surface area contributed by atoms with Crippen LogP contribution in [-0.2, 0) is 29.5 Å². The van der Waals surface area contributed by atoms with Gasteiger partial charge in [0.25, 0.3) is 11.1 Å². The number of carboxylic acid groups (broad SMARTS) is 1. The summed E-state index contributed by atoms with van der Waals surface area (Å²) in [6.45, 7) is 20.2. The van der Waals surface area contributed by atoms with Gasteiger partial charge in [-0.05, 0) is 133 Å². The first kappa shape index (κ1) is 43.4. The molecular weight excluding hydrogens is 731 g/mol. The van der Waals surface area contributed by atoms with Gasteiger partial charge in [0.2, 0.25) is 0 Å². The largest absolute Gasteiger partial charge is 0.493 e. The maximum absolute atomic E-state index is 12.9. The number of rotatable bonds is 15. The third kappa shape index (κ3) is 10.6. The molecule has 11 nitrogen and oxygen atoms in total. The van der Waals surface area contributed by atoms with Crippen LogP contribution in [0.25, 0.3) is 9.69 Å². The van der Waals surface area contributed by atoms with Crippen LogP contribution in [0.5, 0.6) is 23.0 Å². The van der Waals surface area contributed by atoms with Crippen LogP contribution < -0.4 is 18.9 Å². The molecule has 4 aliphatic rings. The Bertz CT molecular complexity index is 1710. The van der Waals surface area contributed by atoms with Gasteiger partial charge in [0.05, 0.1) is 51.7 Å². The molecule has 4 saturated carbocycles. The van der Waals surface area contributed by atoms with E-state index in [-0.39, 0.29) is 24.0 Å². The molecule has 0 unspecified atom stereocenters. The lowest BCUT2D eigenvalue weighted by Gasteiger charge is -2.33. The molecule has 0 bridgehead atoms. The van der Waals surface area contributed by atoms with E-state index in [2.05, 4.69) is 9.69 Å². The van der Waals surface area contributed by atoms with Crippen molar-refractivity contribution in [3.8, 4) is 23.0 Å². The fourth-order valence-corrected chi connectivity index (χ4v) is 11.0. The van der Waals surface area contributed by atoms with Gasteiger partial charge in [0.15, 0.2) is 23.0 Å². The van der Waals surface area contributed by atoms with Gasteiger partial charge in [0.1, 0.15) is 0 Å². The van der Waals surface area contributed by atoms with Gasteiger partial charge in [-0.15, -0.1) is 0 Å². The predicted octanol–water partition coefficient (Wildman–Crippen LogP) is 11.0. The number of aliphatic carboxylic acids is 1. The Hall–Kier alpha value is -3.76. The summed E-state index contributed by atoms with van der Waals surface area (Å²) in [4.78, 5) is 19.2. The topological polar surface area (TPSA) is 118 Å². The Morgan fingerprint density at radius 3 is 1.46 bits per heavy atom. The van der Waals surface area contributed by atoms with Crippen LogP contribution >= 0.6 is 7.60 Å². The highest BCUT2D eigenvalue weighted by atomic mass is 31.2. The van der Waals surface area contributed by atoms with E-state index < -0.39 is 24.6 Å². The molecule has 2 aromatic carbocycles. The minimum Gasteiger partial charge on any atom is -0.493 e. The standard InChI is InChI=1S/C24H36NO5P.C20H25NO4/c1-5-28-31(26,29-6-2)18-19-13-15-24(25-3,16-14-19)20-11-12-22(27-4)23(17-20)30-21-9-7-8-10-21;1-21-20(11-9-14(10-12-20)19(22)23)15-7-8-17(24-2)18(13-15)25-16-5-3-4-6-16/h11-12,17,19,21H,5-10,13-16,18H2,1-2,4H3;7-8,13-14,16H,3-6,9-12H2,2H3,(H,22,23). The van der Waals surface area contributed by atoms with Crippen LogP contribution in [-0.4, -0.2) is 56.9 Å². The van der Waals surface area contributed by atoms with E-state index in [1.165, 1.54) is 25.7 Å². The number of methoxy groups -OCH3 is 2. The normalized spacial score (nSPS) is 25.6. The van der Waals surface area contributed by atoms with E-state index in [4.69, 9.17) is 41.1 Å². The summed E-state index contributed by atoms with van der Waals surface area (Å²) in [5.74, 6) is 2.02. The van der Waals surface area contributed by atoms with Gasteiger partial charge in [-0.2, -0.15) is 0 Å². The summed E-state index contributed by atoms with van der Waals surface area (Å²) in [6, 6.07) is 11.7. The second-order valence-electron chi connectivity index (χ2n) is 15.8. The van der Waals surface area contributed by atoms with Gasteiger partial charge >= 0.3 is 13.6 Å². The number of carboxylic acids is 1. The molecule has 0 atom stereocenters. The second-order valence-corrected chi connectivity index (χ2v) is 17.9. The van der Waals surface area contributed by atoms with Crippen LogP contribution in [0.1, 0.15) is 128 Å². The quantitative estimate of drug-likeness (QED) is 0.139. The van der Waals surface area contributed by atoms with E-state index in [0.29, 0.717) is 56.6 Å². The Morgan fingerprint density at radius 1 is 0.696 bits per heavy atom. The van der Waals surface area contributed by atoms with Crippen molar-refractivity contribution < 1.29 is 42.5 Å². The van der Waals surface area contributed by atoms with E-state index in [1.54, 1.807) is 14.2 Å². The molecule has 0 amide bonds. The minimum absolute atomic E-state index is 0.218. The van der Waals surface area contributed by atoms with Crippen molar-refractivity contribution in [3.05, 3.63) is 70.4 Å². The van der Waals surface area contributed by atoms with Crippen molar-refractivity contribution in [2.24, 2.45) is 11.8 Å². The molecule has 1 N–H and O–H groups in total. The summed E-state index contributed by atoms with van der Waals surface area (Å²) in [5.41, 5.74) is 0.691. The molecule has 56 heavy (non-hydrogen) atoms. The van der Waals surface area contributed by atoms with Gasteiger partial charge in [-0.1, -0.05) is 0 Å². The Morgan fingerprint density at radius 2 is 1.11 bits per heavy atom. The molecule has 12 heteroatoms. The van der Waals surface area contributed by atoms with Crippen molar-refractivity contribution in [2.45, 2.75) is 140 Å². The maximum Gasteiger partial charge on any atom is 0.330 e. The van der Waals surface area contributed by atoms with Crippen LogP contribution in [0.15, 0.2) is 36.4 Å². The van der Waals surface area contributed by atoms with Crippen molar-refractivity contribution in [1.82, 2.24) is 0 Å². The number of hydrogen-bond acceptors (Lipinski definition) is 8. The average Bonchev–Trinajstić information content (AvgIpc) is 3.94. The van der Waals surface area contributed by atoms with E-state index in [9.17, 15) is 14.5 Å². The second kappa shape index (κ2) is 20.1. The molecule has 306 valence electrons. The molecule has 0 aliphatic heterocycles. The van der Waals surface area contributed by atoms with Gasteiger partial charge in [0, 0.05) is 36.8 Å². The van der Waals surface area contributed by atoms with Crippen LogP contribution in [0.4, 0.5) is 0 Å². The van der Waals surface area contributed by atoms with Crippen molar-refractivity contribution in [3.63, 3.8) is 0 Å². The van der Waals surface area contributed by atoms with Gasteiger partial charge in [-0.3, -0.25) is 9.36 Å². The van der Waals surface area contributed by atoms with Crippen LogP contribution in [0, 0.1) is 25.0 Å². The highest BCUT2D eigenvalue weighted by Crippen LogP contribution is 2.54. The summed E-state index contributed by atoms with van der Waals surface area (Å²) in [6.07, 6.45) is 15.3. The molecule has 0 aromatic heterocycles. The van der Waals surface area contributed by atoms with E-state index in [0.717, 1.165) is 74.0 Å². The Labute approximate surface area is 333 Å². The highest BCUT2D eigenvalue weighted by Gasteiger charge is 2.46.